The molecule has 0 amide bonds. The number of halogens is 2. The molecule has 21 heavy (non-hydrogen) atoms. The van der Waals surface area contributed by atoms with Crippen molar-refractivity contribution < 1.29 is 4.74 Å². The molecule has 0 atom stereocenters. The summed E-state index contributed by atoms with van der Waals surface area (Å²) in [6.45, 7) is 5.31. The SMILES string of the molecule is CCNc1nc(-c2ccc(Br)cc2C)nc(COC)c1Br. The first-order valence-corrected chi connectivity index (χ1v) is 8.21. The molecule has 1 aromatic carbocycles. The van der Waals surface area contributed by atoms with E-state index in [9.17, 15) is 0 Å². The zero-order valence-electron chi connectivity index (χ0n) is 12.2. The van der Waals surface area contributed by atoms with E-state index >= 15 is 0 Å². The molecule has 0 saturated carbocycles. The molecule has 0 fully saturated rings. The number of hydrogen-bond donors (Lipinski definition) is 1. The minimum Gasteiger partial charge on any atom is -0.378 e. The van der Waals surface area contributed by atoms with E-state index in [0.29, 0.717) is 12.4 Å². The van der Waals surface area contributed by atoms with Gasteiger partial charge in [-0.05, 0) is 53.5 Å². The normalized spacial score (nSPS) is 10.7. The van der Waals surface area contributed by atoms with Crippen LogP contribution in [0.4, 0.5) is 5.82 Å². The second-order valence-electron chi connectivity index (χ2n) is 4.58. The zero-order valence-corrected chi connectivity index (χ0v) is 15.4. The Bertz CT molecular complexity index is 620. The van der Waals surface area contributed by atoms with Gasteiger partial charge in [-0.25, -0.2) is 9.97 Å². The van der Waals surface area contributed by atoms with E-state index in [0.717, 1.165) is 38.1 Å². The fraction of sp³-hybridized carbons (Fsp3) is 0.333. The summed E-state index contributed by atoms with van der Waals surface area (Å²) in [4.78, 5) is 9.25. The molecule has 0 aliphatic heterocycles. The Kier molecular flexibility index (Phi) is 5.72. The summed E-state index contributed by atoms with van der Waals surface area (Å²) >= 11 is 7.02. The molecule has 0 bridgehead atoms. The molecule has 6 heteroatoms. The van der Waals surface area contributed by atoms with Crippen molar-refractivity contribution in [2.75, 3.05) is 19.0 Å². The summed E-state index contributed by atoms with van der Waals surface area (Å²) < 4.78 is 7.12. The van der Waals surface area contributed by atoms with Crippen LogP contribution in [0.3, 0.4) is 0 Å². The van der Waals surface area contributed by atoms with Crippen molar-refractivity contribution >= 4 is 37.7 Å². The number of ether oxygens (including phenoxy) is 1. The van der Waals surface area contributed by atoms with Gasteiger partial charge in [0.05, 0.1) is 16.8 Å². The number of methoxy groups -OCH3 is 1. The molecular formula is C15H17Br2N3O. The number of rotatable bonds is 5. The molecule has 2 rings (SSSR count). The first-order chi connectivity index (χ1) is 10.1. The molecule has 0 radical (unpaired) electrons. The zero-order chi connectivity index (χ0) is 15.4. The van der Waals surface area contributed by atoms with Gasteiger partial charge in [-0.3, -0.25) is 0 Å². The van der Waals surface area contributed by atoms with E-state index in [1.54, 1.807) is 7.11 Å². The number of aromatic nitrogens is 2. The molecule has 1 N–H and O–H groups in total. The fourth-order valence-corrected chi connectivity index (χ4v) is 2.92. The monoisotopic (exact) mass is 413 g/mol. The Hall–Kier alpha value is -0.980. The average molecular weight is 415 g/mol. The molecule has 0 saturated heterocycles. The van der Waals surface area contributed by atoms with Crippen molar-refractivity contribution in [3.05, 3.63) is 38.4 Å². The number of nitrogens with one attached hydrogen (secondary N) is 1. The van der Waals surface area contributed by atoms with Crippen LogP contribution in [0.15, 0.2) is 27.1 Å². The van der Waals surface area contributed by atoms with Crippen molar-refractivity contribution in [3.63, 3.8) is 0 Å². The first kappa shape index (κ1) is 16.4. The summed E-state index contributed by atoms with van der Waals surface area (Å²) in [5.41, 5.74) is 2.97. The van der Waals surface area contributed by atoms with Crippen LogP contribution in [0, 0.1) is 6.92 Å². The largest absolute Gasteiger partial charge is 0.378 e. The third-order valence-electron chi connectivity index (χ3n) is 2.97. The molecule has 1 heterocycles. The minimum atomic E-state index is 0.435. The van der Waals surface area contributed by atoms with Crippen LogP contribution >= 0.6 is 31.9 Å². The third kappa shape index (κ3) is 3.81. The Labute approximate surface area is 141 Å². The Morgan fingerprint density at radius 2 is 2.00 bits per heavy atom. The number of nitrogens with zero attached hydrogens (tertiary/aromatic N) is 2. The number of aryl methyl sites for hydroxylation is 1. The number of hydrogen-bond acceptors (Lipinski definition) is 4. The molecule has 0 aliphatic carbocycles. The standard InChI is InChI=1S/C15H17Br2N3O/c1-4-18-15-13(17)12(8-21-3)19-14(20-15)11-6-5-10(16)7-9(11)2/h5-7H,4,8H2,1-3H3,(H,18,19,20). The molecule has 112 valence electrons. The molecule has 1 aromatic heterocycles. The predicted molar refractivity (Wildman–Crippen MR) is 92.5 cm³/mol. The maximum absolute atomic E-state index is 5.23. The van der Waals surface area contributed by atoms with Gasteiger partial charge in [-0.1, -0.05) is 15.9 Å². The highest BCUT2D eigenvalue weighted by molar-refractivity contribution is 9.11. The van der Waals surface area contributed by atoms with Crippen molar-refractivity contribution in [2.24, 2.45) is 0 Å². The van der Waals surface area contributed by atoms with Crippen molar-refractivity contribution in [3.8, 4) is 11.4 Å². The number of anilines is 1. The van der Waals surface area contributed by atoms with Crippen LogP contribution in [-0.2, 0) is 11.3 Å². The van der Waals surface area contributed by atoms with Crippen LogP contribution in [0.5, 0.6) is 0 Å². The second kappa shape index (κ2) is 7.33. The van der Waals surface area contributed by atoms with Crippen molar-refractivity contribution in [1.29, 1.82) is 0 Å². The smallest absolute Gasteiger partial charge is 0.162 e. The molecule has 2 aromatic rings. The summed E-state index contributed by atoms with van der Waals surface area (Å²) in [6, 6.07) is 6.08. The van der Waals surface area contributed by atoms with Crippen LogP contribution in [-0.4, -0.2) is 23.6 Å². The predicted octanol–water partition coefficient (Wildman–Crippen LogP) is 4.56. The molecule has 0 unspecified atom stereocenters. The topological polar surface area (TPSA) is 47.0 Å². The van der Waals surface area contributed by atoms with Gasteiger partial charge in [0.1, 0.15) is 5.82 Å². The Balaban J connectivity index is 2.56. The quantitative estimate of drug-likeness (QED) is 0.779. The Morgan fingerprint density at radius 3 is 2.62 bits per heavy atom. The highest BCUT2D eigenvalue weighted by Crippen LogP contribution is 2.30. The third-order valence-corrected chi connectivity index (χ3v) is 4.30. The fourth-order valence-electron chi connectivity index (χ4n) is 2.01. The van der Waals surface area contributed by atoms with E-state index in [1.807, 2.05) is 19.1 Å². The van der Waals surface area contributed by atoms with E-state index < -0.39 is 0 Å². The van der Waals surface area contributed by atoms with Gasteiger partial charge in [-0.15, -0.1) is 0 Å². The lowest BCUT2D eigenvalue weighted by Crippen LogP contribution is -2.07. The molecular weight excluding hydrogens is 398 g/mol. The Morgan fingerprint density at radius 1 is 1.24 bits per heavy atom. The average Bonchev–Trinajstić information content (AvgIpc) is 2.43. The molecule has 0 spiro atoms. The maximum atomic E-state index is 5.23. The van der Waals surface area contributed by atoms with Gasteiger partial charge in [0.15, 0.2) is 5.82 Å². The van der Waals surface area contributed by atoms with E-state index in [4.69, 9.17) is 4.74 Å². The van der Waals surface area contributed by atoms with Crippen LogP contribution in [0.25, 0.3) is 11.4 Å². The lowest BCUT2D eigenvalue weighted by atomic mass is 10.1. The number of benzene rings is 1. The van der Waals surface area contributed by atoms with E-state index in [2.05, 4.69) is 60.1 Å². The van der Waals surface area contributed by atoms with Gasteiger partial charge in [-0.2, -0.15) is 0 Å². The van der Waals surface area contributed by atoms with E-state index in [1.165, 1.54) is 0 Å². The van der Waals surface area contributed by atoms with E-state index in [-0.39, 0.29) is 0 Å². The minimum absolute atomic E-state index is 0.435. The first-order valence-electron chi connectivity index (χ1n) is 6.62. The van der Waals surface area contributed by atoms with Crippen LogP contribution < -0.4 is 5.32 Å². The second-order valence-corrected chi connectivity index (χ2v) is 6.29. The summed E-state index contributed by atoms with van der Waals surface area (Å²) in [7, 11) is 1.66. The van der Waals surface area contributed by atoms with Gasteiger partial charge in [0, 0.05) is 23.7 Å². The van der Waals surface area contributed by atoms with Crippen molar-refractivity contribution in [1.82, 2.24) is 9.97 Å². The van der Waals surface area contributed by atoms with Crippen molar-refractivity contribution in [2.45, 2.75) is 20.5 Å². The lowest BCUT2D eigenvalue weighted by molar-refractivity contribution is 0.181. The van der Waals surface area contributed by atoms with Crippen LogP contribution in [0.1, 0.15) is 18.2 Å². The maximum Gasteiger partial charge on any atom is 0.162 e. The van der Waals surface area contributed by atoms with Gasteiger partial charge >= 0.3 is 0 Å². The highest BCUT2D eigenvalue weighted by Gasteiger charge is 2.14. The van der Waals surface area contributed by atoms with Gasteiger partial charge in [0.25, 0.3) is 0 Å². The van der Waals surface area contributed by atoms with Gasteiger partial charge < -0.3 is 10.1 Å². The molecule has 4 nitrogen and oxygen atoms in total. The van der Waals surface area contributed by atoms with Gasteiger partial charge in [0.2, 0.25) is 0 Å². The summed E-state index contributed by atoms with van der Waals surface area (Å²) in [6.07, 6.45) is 0. The van der Waals surface area contributed by atoms with Crippen LogP contribution in [0.2, 0.25) is 0 Å². The summed E-state index contributed by atoms with van der Waals surface area (Å²) in [5, 5.41) is 3.25. The molecule has 0 aliphatic rings. The highest BCUT2D eigenvalue weighted by atomic mass is 79.9. The summed E-state index contributed by atoms with van der Waals surface area (Å²) in [5.74, 6) is 1.49. The lowest BCUT2D eigenvalue weighted by Gasteiger charge is -2.13.